The van der Waals surface area contributed by atoms with Crippen LogP contribution < -0.4 is 5.32 Å². The summed E-state index contributed by atoms with van der Waals surface area (Å²) in [6, 6.07) is -1.19. The number of carboxylic acids is 1. The summed E-state index contributed by atoms with van der Waals surface area (Å²) < 4.78 is 0. The molecule has 7 heteroatoms. The number of carbonyl (C=O) groups excluding carboxylic acids is 1. The molecule has 0 aromatic carbocycles. The minimum absolute atomic E-state index is 0.0186. The van der Waals surface area contributed by atoms with Crippen LogP contribution in [0.3, 0.4) is 0 Å². The van der Waals surface area contributed by atoms with Crippen LogP contribution in [0.4, 0.5) is 4.79 Å². The van der Waals surface area contributed by atoms with Gasteiger partial charge in [-0.3, -0.25) is 0 Å². The highest BCUT2D eigenvalue weighted by Gasteiger charge is 2.36. The third-order valence-corrected chi connectivity index (χ3v) is 3.43. The molecule has 0 saturated carbocycles. The molecule has 2 amide bonds. The number of urea groups is 1. The first kappa shape index (κ1) is 13.4. The lowest BCUT2D eigenvalue weighted by Crippen LogP contribution is -2.53. The molecular weight excluding hydrogens is 248 g/mol. The van der Waals surface area contributed by atoms with E-state index in [1.54, 1.807) is 0 Å². The maximum absolute atomic E-state index is 12.1. The summed E-state index contributed by atoms with van der Waals surface area (Å²) in [5.74, 6) is -1.01. The summed E-state index contributed by atoms with van der Waals surface area (Å²) in [6.45, 7) is 4.09. The van der Waals surface area contributed by atoms with Crippen LogP contribution in [0.2, 0.25) is 0 Å². The molecule has 1 aliphatic rings. The Kier molecular flexibility index (Phi) is 3.73. The van der Waals surface area contributed by atoms with Crippen molar-refractivity contribution in [1.29, 1.82) is 0 Å². The zero-order valence-corrected chi connectivity index (χ0v) is 11.0. The van der Waals surface area contributed by atoms with Gasteiger partial charge in [0.15, 0.2) is 0 Å². The second kappa shape index (κ2) is 5.29. The molecule has 0 saturated heterocycles. The fourth-order valence-corrected chi connectivity index (χ4v) is 2.07. The van der Waals surface area contributed by atoms with Crippen molar-refractivity contribution in [3.05, 3.63) is 17.7 Å². The van der Waals surface area contributed by atoms with E-state index in [9.17, 15) is 14.7 Å². The molecule has 1 aromatic heterocycles. The van der Waals surface area contributed by atoms with Crippen LogP contribution in [0.1, 0.15) is 31.7 Å². The minimum Gasteiger partial charge on any atom is -0.480 e. The van der Waals surface area contributed by atoms with E-state index in [0.717, 1.165) is 17.8 Å². The summed E-state index contributed by atoms with van der Waals surface area (Å²) in [5, 5.41) is 12.0. The third-order valence-electron chi connectivity index (χ3n) is 3.43. The Morgan fingerprint density at radius 2 is 2.42 bits per heavy atom. The number of hydrogen-bond acceptors (Lipinski definition) is 3. The summed E-state index contributed by atoms with van der Waals surface area (Å²) in [5.41, 5.74) is 1.52. The molecule has 0 bridgehead atoms. The minimum atomic E-state index is -1.01. The van der Waals surface area contributed by atoms with E-state index in [1.165, 1.54) is 11.2 Å². The number of amides is 2. The number of carboxylic acid groups (broad SMARTS) is 1. The topological polar surface area (TPSA) is 98.3 Å². The predicted molar refractivity (Wildman–Crippen MR) is 67.5 cm³/mol. The van der Waals surface area contributed by atoms with E-state index in [0.29, 0.717) is 0 Å². The molecule has 1 aromatic rings. The first-order chi connectivity index (χ1) is 9.02. The summed E-state index contributed by atoms with van der Waals surface area (Å²) >= 11 is 0. The van der Waals surface area contributed by atoms with Crippen molar-refractivity contribution in [1.82, 2.24) is 20.2 Å². The standard InChI is InChI=1S/C12H18N4O3/c1-3-7(2)15-12(19)16-5-9-8(13-6-14-9)4-10(16)11(17)18/h6-7,10H,3-5H2,1-2H3,(H,13,14)(H,15,19)(H,17,18). The van der Waals surface area contributed by atoms with Crippen molar-refractivity contribution >= 4 is 12.0 Å². The van der Waals surface area contributed by atoms with Gasteiger partial charge < -0.3 is 20.3 Å². The molecule has 0 spiro atoms. The van der Waals surface area contributed by atoms with Gasteiger partial charge in [0.25, 0.3) is 0 Å². The van der Waals surface area contributed by atoms with Crippen molar-refractivity contribution in [2.45, 2.75) is 45.3 Å². The van der Waals surface area contributed by atoms with Crippen molar-refractivity contribution in [3.8, 4) is 0 Å². The van der Waals surface area contributed by atoms with Crippen molar-refractivity contribution in [2.75, 3.05) is 0 Å². The van der Waals surface area contributed by atoms with Gasteiger partial charge in [-0.25, -0.2) is 14.6 Å². The number of fused-ring (bicyclic) bond motifs is 1. The van der Waals surface area contributed by atoms with Crippen LogP contribution >= 0.6 is 0 Å². The van der Waals surface area contributed by atoms with E-state index in [4.69, 9.17) is 0 Å². The fourth-order valence-electron chi connectivity index (χ4n) is 2.07. The second-order valence-electron chi connectivity index (χ2n) is 4.77. The number of nitrogens with zero attached hydrogens (tertiary/aromatic N) is 2. The highest BCUT2D eigenvalue weighted by molar-refractivity contribution is 5.83. The Hall–Kier alpha value is -2.05. The molecule has 0 radical (unpaired) electrons. The number of carbonyl (C=O) groups is 2. The van der Waals surface area contributed by atoms with E-state index < -0.39 is 12.0 Å². The third kappa shape index (κ3) is 2.69. The smallest absolute Gasteiger partial charge is 0.326 e. The Labute approximate surface area is 111 Å². The van der Waals surface area contributed by atoms with Crippen molar-refractivity contribution < 1.29 is 14.7 Å². The van der Waals surface area contributed by atoms with Crippen LogP contribution in [0.15, 0.2) is 6.33 Å². The number of rotatable bonds is 3. The van der Waals surface area contributed by atoms with Gasteiger partial charge in [0.05, 0.1) is 24.3 Å². The van der Waals surface area contributed by atoms with Gasteiger partial charge in [-0.2, -0.15) is 0 Å². The highest BCUT2D eigenvalue weighted by Crippen LogP contribution is 2.20. The number of H-pyrrole nitrogens is 1. The zero-order chi connectivity index (χ0) is 14.0. The average molecular weight is 266 g/mol. The monoisotopic (exact) mass is 266 g/mol. The van der Waals surface area contributed by atoms with Gasteiger partial charge in [-0.05, 0) is 13.3 Å². The van der Waals surface area contributed by atoms with E-state index in [1.807, 2.05) is 13.8 Å². The molecule has 2 atom stereocenters. The first-order valence-corrected chi connectivity index (χ1v) is 6.34. The lowest BCUT2D eigenvalue weighted by atomic mass is 10.0. The molecule has 19 heavy (non-hydrogen) atoms. The number of aliphatic carboxylic acids is 1. The Bertz CT molecular complexity index is 485. The van der Waals surface area contributed by atoms with Crippen molar-refractivity contribution in [2.24, 2.45) is 0 Å². The summed E-state index contributed by atoms with van der Waals surface area (Å²) in [6.07, 6.45) is 2.56. The Morgan fingerprint density at radius 3 is 3.05 bits per heavy atom. The predicted octanol–water partition coefficient (Wildman–Crippen LogP) is 0.729. The molecule has 2 unspecified atom stereocenters. The van der Waals surface area contributed by atoms with Crippen molar-refractivity contribution in [3.63, 3.8) is 0 Å². The summed E-state index contributed by atoms with van der Waals surface area (Å²) in [4.78, 5) is 31.8. The van der Waals surface area contributed by atoms with Gasteiger partial charge in [0, 0.05) is 12.5 Å². The fraction of sp³-hybridized carbons (Fsp3) is 0.583. The maximum atomic E-state index is 12.1. The number of aromatic nitrogens is 2. The molecule has 3 N–H and O–H groups in total. The molecule has 104 valence electrons. The molecule has 0 aliphatic carbocycles. The lowest BCUT2D eigenvalue weighted by molar-refractivity contribution is -0.142. The normalized spacial score (nSPS) is 19.7. The van der Waals surface area contributed by atoms with Crippen LogP contribution in [0, 0.1) is 0 Å². The van der Waals surface area contributed by atoms with Gasteiger partial charge >= 0.3 is 12.0 Å². The van der Waals surface area contributed by atoms with Gasteiger partial charge in [0.1, 0.15) is 6.04 Å². The molecule has 1 aliphatic heterocycles. The van der Waals surface area contributed by atoms with E-state index >= 15 is 0 Å². The Morgan fingerprint density at radius 1 is 1.68 bits per heavy atom. The van der Waals surface area contributed by atoms with Gasteiger partial charge in [0.2, 0.25) is 0 Å². The Balaban J connectivity index is 2.17. The largest absolute Gasteiger partial charge is 0.480 e. The number of hydrogen-bond donors (Lipinski definition) is 3. The molecule has 0 fully saturated rings. The average Bonchev–Trinajstić information content (AvgIpc) is 2.83. The van der Waals surface area contributed by atoms with Gasteiger partial charge in [-0.15, -0.1) is 0 Å². The van der Waals surface area contributed by atoms with Crippen LogP contribution in [0.25, 0.3) is 0 Å². The number of aromatic amines is 1. The number of nitrogens with one attached hydrogen (secondary N) is 2. The van der Waals surface area contributed by atoms with E-state index in [2.05, 4.69) is 15.3 Å². The van der Waals surface area contributed by atoms with Gasteiger partial charge in [-0.1, -0.05) is 6.92 Å². The number of imidazole rings is 1. The first-order valence-electron chi connectivity index (χ1n) is 6.34. The maximum Gasteiger partial charge on any atom is 0.326 e. The molecule has 2 heterocycles. The van der Waals surface area contributed by atoms with Crippen LogP contribution in [-0.4, -0.2) is 44.1 Å². The summed E-state index contributed by atoms with van der Waals surface area (Å²) in [7, 11) is 0. The lowest BCUT2D eigenvalue weighted by Gasteiger charge is -2.33. The molecule has 7 nitrogen and oxygen atoms in total. The zero-order valence-electron chi connectivity index (χ0n) is 11.0. The SMILES string of the molecule is CCC(C)NC(=O)N1Cc2[nH]cnc2CC1C(=O)O. The second-order valence-corrected chi connectivity index (χ2v) is 4.77. The van der Waals surface area contributed by atoms with E-state index in [-0.39, 0.29) is 25.0 Å². The molecule has 2 rings (SSSR count). The quantitative estimate of drug-likeness (QED) is 0.751. The van der Waals surface area contributed by atoms with Crippen LogP contribution in [-0.2, 0) is 17.8 Å². The molecular formula is C12H18N4O3. The highest BCUT2D eigenvalue weighted by atomic mass is 16.4. The van der Waals surface area contributed by atoms with Crippen LogP contribution in [0.5, 0.6) is 0 Å².